The molecular weight excluding hydrogens is 457 g/mol. The van der Waals surface area contributed by atoms with Crippen LogP contribution in [0.5, 0.6) is 0 Å². The van der Waals surface area contributed by atoms with Gasteiger partial charge in [-0.2, -0.15) is 4.98 Å². The molecule has 2 aromatic rings. The van der Waals surface area contributed by atoms with Gasteiger partial charge in [-0.1, -0.05) is 56.8 Å². The Balaban J connectivity index is 1.43. The summed E-state index contributed by atoms with van der Waals surface area (Å²) >= 11 is 11.9. The summed E-state index contributed by atoms with van der Waals surface area (Å²) < 4.78 is 13.5. The molecule has 0 spiro atoms. The molecule has 1 saturated carbocycles. The number of piperidine rings is 1. The largest absolute Gasteiger partial charge is 0.361 e. The third-order valence-corrected chi connectivity index (χ3v) is 7.39. The first-order valence-electron chi connectivity index (χ1n) is 11.9. The summed E-state index contributed by atoms with van der Waals surface area (Å²) in [5.41, 5.74) is 1.10. The van der Waals surface area contributed by atoms with Gasteiger partial charge in [-0.3, -0.25) is 0 Å². The van der Waals surface area contributed by atoms with Crippen molar-refractivity contribution in [1.82, 2.24) is 15.3 Å². The highest BCUT2D eigenvalue weighted by Crippen LogP contribution is 2.39. The molecule has 4 rings (SSSR count). The van der Waals surface area contributed by atoms with Crippen LogP contribution in [0.4, 0.5) is 16.2 Å². The summed E-state index contributed by atoms with van der Waals surface area (Å²) in [5.74, 6) is 2.25. The zero-order chi connectivity index (χ0) is 23.4. The molecule has 0 unspecified atom stereocenters. The Bertz CT molecular complexity index is 954. The van der Waals surface area contributed by atoms with E-state index in [1.54, 1.807) is 12.1 Å². The zero-order valence-corrected chi connectivity index (χ0v) is 21.0. The van der Waals surface area contributed by atoms with Crippen molar-refractivity contribution >= 4 is 40.7 Å². The van der Waals surface area contributed by atoms with E-state index in [4.69, 9.17) is 28.8 Å². The smallest absolute Gasteiger partial charge is 0.232 e. The molecule has 1 aliphatic heterocycles. The van der Waals surface area contributed by atoms with E-state index in [2.05, 4.69) is 34.4 Å². The molecule has 2 atom stereocenters. The summed E-state index contributed by atoms with van der Waals surface area (Å²) in [4.78, 5) is 11.3. The lowest BCUT2D eigenvalue weighted by molar-refractivity contribution is 0.292. The predicted molar refractivity (Wildman–Crippen MR) is 138 cm³/mol. The number of thiocarbonyl (C=S) groups is 1. The fraction of sp³-hybridized carbons (Fsp3) is 0.560. The molecule has 0 bridgehead atoms. The van der Waals surface area contributed by atoms with Crippen molar-refractivity contribution in [2.45, 2.75) is 57.8 Å². The lowest BCUT2D eigenvalue weighted by atomic mass is 9.69. The number of halogens is 2. The van der Waals surface area contributed by atoms with Crippen LogP contribution in [0.25, 0.3) is 0 Å². The third kappa shape index (κ3) is 6.12. The summed E-state index contributed by atoms with van der Waals surface area (Å²) in [6.45, 7) is 7.14. The molecule has 0 radical (unpaired) electrons. The van der Waals surface area contributed by atoms with Crippen LogP contribution in [0, 0.1) is 17.7 Å². The van der Waals surface area contributed by atoms with Crippen LogP contribution in [-0.4, -0.2) is 34.7 Å². The Morgan fingerprint density at radius 1 is 1.12 bits per heavy atom. The second-order valence-corrected chi connectivity index (χ2v) is 10.7. The van der Waals surface area contributed by atoms with Crippen molar-refractivity contribution in [3.63, 3.8) is 0 Å². The fourth-order valence-corrected chi connectivity index (χ4v) is 5.81. The first kappa shape index (κ1) is 24.1. The van der Waals surface area contributed by atoms with Crippen LogP contribution in [-0.2, 0) is 5.41 Å². The predicted octanol–water partition coefficient (Wildman–Crippen LogP) is 5.94. The Labute approximate surface area is 206 Å². The Hall–Kier alpha value is -1.99. The molecular formula is C25H33ClFN5S. The topological polar surface area (TPSA) is 53.1 Å². The molecule has 2 fully saturated rings. The number of anilines is 2. The van der Waals surface area contributed by atoms with E-state index >= 15 is 0 Å². The second kappa shape index (κ2) is 10.5. The zero-order valence-electron chi connectivity index (χ0n) is 19.4. The van der Waals surface area contributed by atoms with Gasteiger partial charge in [-0.05, 0) is 61.0 Å². The van der Waals surface area contributed by atoms with Crippen LogP contribution < -0.4 is 15.5 Å². The fourth-order valence-electron chi connectivity index (χ4n) is 5.47. The van der Waals surface area contributed by atoms with Gasteiger partial charge in [0, 0.05) is 31.1 Å². The SMILES string of the molecule is C[C@H]1C[C@H](C)CN(c2cc(Cl)nc(NC(=S)NCC3(c4ccc(F)cc4)CCCCC3)n2)C1. The van der Waals surface area contributed by atoms with Gasteiger partial charge in [0.15, 0.2) is 5.11 Å². The molecule has 2 heterocycles. The van der Waals surface area contributed by atoms with Gasteiger partial charge in [0.25, 0.3) is 0 Å². The van der Waals surface area contributed by atoms with Gasteiger partial charge in [-0.15, -0.1) is 0 Å². The average molecular weight is 490 g/mol. The van der Waals surface area contributed by atoms with Gasteiger partial charge in [-0.25, -0.2) is 9.37 Å². The summed E-state index contributed by atoms with van der Waals surface area (Å²) in [5, 5.41) is 7.37. The molecule has 1 aromatic carbocycles. The van der Waals surface area contributed by atoms with Crippen molar-refractivity contribution in [3.8, 4) is 0 Å². The molecule has 5 nitrogen and oxygen atoms in total. The summed E-state index contributed by atoms with van der Waals surface area (Å²) in [6.07, 6.45) is 6.89. The van der Waals surface area contributed by atoms with Gasteiger partial charge >= 0.3 is 0 Å². The highest BCUT2D eigenvalue weighted by Gasteiger charge is 2.34. The molecule has 0 amide bonds. The summed E-state index contributed by atoms with van der Waals surface area (Å²) in [7, 11) is 0. The molecule has 1 aliphatic carbocycles. The van der Waals surface area contributed by atoms with E-state index in [-0.39, 0.29) is 11.2 Å². The number of hydrogen-bond donors (Lipinski definition) is 2. The van der Waals surface area contributed by atoms with Crippen molar-refractivity contribution in [3.05, 3.63) is 46.9 Å². The molecule has 33 heavy (non-hydrogen) atoms. The Morgan fingerprint density at radius 2 is 1.79 bits per heavy atom. The Kier molecular flexibility index (Phi) is 7.69. The van der Waals surface area contributed by atoms with Gasteiger partial charge in [0.2, 0.25) is 5.95 Å². The molecule has 178 valence electrons. The number of benzene rings is 1. The van der Waals surface area contributed by atoms with E-state index in [0.717, 1.165) is 50.2 Å². The second-order valence-electron chi connectivity index (χ2n) is 9.88. The third-order valence-electron chi connectivity index (χ3n) is 6.95. The lowest BCUT2D eigenvalue weighted by Crippen LogP contribution is -2.43. The monoisotopic (exact) mass is 489 g/mol. The number of aromatic nitrogens is 2. The normalized spacial score (nSPS) is 22.6. The lowest BCUT2D eigenvalue weighted by Gasteiger charge is -2.38. The Morgan fingerprint density at radius 3 is 2.45 bits per heavy atom. The van der Waals surface area contributed by atoms with Crippen LogP contribution in [0.15, 0.2) is 30.3 Å². The summed E-state index contributed by atoms with van der Waals surface area (Å²) in [6, 6.07) is 8.73. The van der Waals surface area contributed by atoms with Gasteiger partial charge in [0.05, 0.1) is 0 Å². The van der Waals surface area contributed by atoms with Crippen molar-refractivity contribution in [1.29, 1.82) is 0 Å². The van der Waals surface area contributed by atoms with Gasteiger partial charge < -0.3 is 15.5 Å². The maximum atomic E-state index is 13.5. The average Bonchev–Trinajstić information content (AvgIpc) is 2.78. The van der Waals surface area contributed by atoms with Gasteiger partial charge in [0.1, 0.15) is 16.8 Å². The number of hydrogen-bond acceptors (Lipinski definition) is 4. The van der Waals surface area contributed by atoms with E-state index in [0.29, 0.717) is 34.6 Å². The number of rotatable bonds is 5. The van der Waals surface area contributed by atoms with E-state index in [9.17, 15) is 4.39 Å². The maximum absolute atomic E-state index is 13.5. The highest BCUT2D eigenvalue weighted by atomic mass is 35.5. The van der Waals surface area contributed by atoms with Crippen LogP contribution >= 0.6 is 23.8 Å². The first-order chi connectivity index (χ1) is 15.8. The van der Waals surface area contributed by atoms with Crippen molar-refractivity contribution in [2.75, 3.05) is 29.9 Å². The van der Waals surface area contributed by atoms with E-state index in [1.165, 1.54) is 12.8 Å². The minimum absolute atomic E-state index is 0.0574. The standard InChI is InChI=1S/C25H33ClFN5S/c1-17-12-18(2)15-32(14-17)22-13-21(26)29-23(30-22)31-24(33)28-16-25(10-4-3-5-11-25)19-6-8-20(27)9-7-19/h6-9,13,17-18H,3-5,10-12,14-16H2,1-2H3,(H2,28,29,30,31,33)/t17-,18-/m0/s1. The van der Waals surface area contributed by atoms with Crippen LogP contribution in [0.2, 0.25) is 5.15 Å². The van der Waals surface area contributed by atoms with Crippen molar-refractivity contribution < 1.29 is 4.39 Å². The maximum Gasteiger partial charge on any atom is 0.232 e. The number of nitrogens with one attached hydrogen (secondary N) is 2. The molecule has 1 aromatic heterocycles. The molecule has 2 N–H and O–H groups in total. The first-order valence-corrected chi connectivity index (χ1v) is 12.7. The van der Waals surface area contributed by atoms with E-state index < -0.39 is 0 Å². The van der Waals surface area contributed by atoms with Crippen LogP contribution in [0.1, 0.15) is 57.9 Å². The van der Waals surface area contributed by atoms with Crippen molar-refractivity contribution in [2.24, 2.45) is 11.8 Å². The quantitative estimate of drug-likeness (QED) is 0.400. The molecule has 1 saturated heterocycles. The van der Waals surface area contributed by atoms with Crippen LogP contribution in [0.3, 0.4) is 0 Å². The van der Waals surface area contributed by atoms with E-state index in [1.807, 2.05) is 18.2 Å². The molecule has 2 aliphatic rings. The highest BCUT2D eigenvalue weighted by molar-refractivity contribution is 7.80. The number of nitrogens with zero attached hydrogens (tertiary/aromatic N) is 3. The minimum Gasteiger partial charge on any atom is -0.361 e. The minimum atomic E-state index is -0.207. The molecule has 8 heteroatoms.